The lowest BCUT2D eigenvalue weighted by molar-refractivity contribution is -0.143. The predicted molar refractivity (Wildman–Crippen MR) is 104 cm³/mol. The van der Waals surface area contributed by atoms with Gasteiger partial charge >= 0.3 is 5.97 Å². The SMILES string of the molecule is CCOC(=O)Cn1c(=NC(=O)c2c(C)cnn2C)sc2cc(CC)ccc21. The molecule has 1 amide bonds. The van der Waals surface area contributed by atoms with Gasteiger partial charge in [-0.05, 0) is 38.0 Å². The van der Waals surface area contributed by atoms with Crippen molar-refractivity contribution >= 4 is 33.4 Å². The number of esters is 1. The Balaban J connectivity index is 2.15. The number of nitrogens with zero attached hydrogens (tertiary/aromatic N) is 4. The molecule has 2 heterocycles. The monoisotopic (exact) mass is 386 g/mol. The second-order valence-corrected chi connectivity index (χ2v) is 7.16. The lowest BCUT2D eigenvalue weighted by Gasteiger charge is -2.05. The highest BCUT2D eigenvalue weighted by Crippen LogP contribution is 2.20. The average Bonchev–Trinajstić information content (AvgIpc) is 3.14. The highest BCUT2D eigenvalue weighted by molar-refractivity contribution is 7.16. The van der Waals surface area contributed by atoms with Gasteiger partial charge in [0.1, 0.15) is 12.2 Å². The minimum atomic E-state index is -0.382. The molecule has 0 spiro atoms. The van der Waals surface area contributed by atoms with Gasteiger partial charge in [0.25, 0.3) is 5.91 Å². The molecule has 2 aromatic heterocycles. The Morgan fingerprint density at radius 2 is 2.07 bits per heavy atom. The van der Waals surface area contributed by atoms with E-state index < -0.39 is 0 Å². The number of fused-ring (bicyclic) bond motifs is 1. The van der Waals surface area contributed by atoms with E-state index >= 15 is 0 Å². The van der Waals surface area contributed by atoms with Crippen LogP contribution < -0.4 is 4.80 Å². The van der Waals surface area contributed by atoms with E-state index in [0.29, 0.717) is 17.1 Å². The lowest BCUT2D eigenvalue weighted by atomic mass is 10.2. The van der Waals surface area contributed by atoms with Crippen LogP contribution in [-0.2, 0) is 29.5 Å². The topological polar surface area (TPSA) is 78.5 Å². The smallest absolute Gasteiger partial charge is 0.326 e. The van der Waals surface area contributed by atoms with Crippen LogP contribution in [0.15, 0.2) is 29.4 Å². The van der Waals surface area contributed by atoms with E-state index in [0.717, 1.165) is 22.2 Å². The molecule has 0 N–H and O–H groups in total. The van der Waals surface area contributed by atoms with Gasteiger partial charge in [-0.2, -0.15) is 10.1 Å². The van der Waals surface area contributed by atoms with Gasteiger partial charge in [-0.25, -0.2) is 0 Å². The molecule has 27 heavy (non-hydrogen) atoms. The Labute approximate surface area is 160 Å². The molecule has 0 bridgehead atoms. The van der Waals surface area contributed by atoms with E-state index in [9.17, 15) is 9.59 Å². The van der Waals surface area contributed by atoms with Gasteiger partial charge in [0, 0.05) is 12.6 Å². The van der Waals surface area contributed by atoms with Crippen molar-refractivity contribution < 1.29 is 14.3 Å². The number of carbonyl (C=O) groups is 2. The zero-order valence-electron chi connectivity index (χ0n) is 15.9. The second-order valence-electron chi connectivity index (χ2n) is 6.15. The van der Waals surface area contributed by atoms with Crippen molar-refractivity contribution in [3.8, 4) is 0 Å². The highest BCUT2D eigenvalue weighted by Gasteiger charge is 2.16. The molecule has 0 aliphatic carbocycles. The molecule has 3 aromatic rings. The average molecular weight is 386 g/mol. The van der Waals surface area contributed by atoms with Gasteiger partial charge in [0.05, 0.1) is 23.0 Å². The van der Waals surface area contributed by atoms with Gasteiger partial charge in [-0.1, -0.05) is 24.3 Å². The van der Waals surface area contributed by atoms with Crippen molar-refractivity contribution in [3.63, 3.8) is 0 Å². The molecule has 0 radical (unpaired) electrons. The second kappa shape index (κ2) is 7.87. The number of thiazole rings is 1. The Morgan fingerprint density at radius 3 is 2.70 bits per heavy atom. The summed E-state index contributed by atoms with van der Waals surface area (Å²) >= 11 is 1.39. The number of hydrogen-bond acceptors (Lipinski definition) is 5. The van der Waals surface area contributed by atoms with Crippen LogP contribution in [0.3, 0.4) is 0 Å². The molecule has 0 atom stereocenters. The lowest BCUT2D eigenvalue weighted by Crippen LogP contribution is -2.23. The van der Waals surface area contributed by atoms with Crippen molar-refractivity contribution in [2.45, 2.75) is 33.7 Å². The van der Waals surface area contributed by atoms with E-state index in [-0.39, 0.29) is 18.4 Å². The van der Waals surface area contributed by atoms with E-state index in [4.69, 9.17) is 4.74 Å². The molecule has 0 fully saturated rings. The number of rotatable bonds is 5. The largest absolute Gasteiger partial charge is 0.465 e. The van der Waals surface area contributed by atoms with Crippen LogP contribution in [0.4, 0.5) is 0 Å². The summed E-state index contributed by atoms with van der Waals surface area (Å²) in [4.78, 5) is 29.6. The fourth-order valence-corrected chi connectivity index (χ4v) is 4.00. The molecular weight excluding hydrogens is 364 g/mol. The number of ether oxygens (including phenoxy) is 1. The molecule has 0 aliphatic heterocycles. The van der Waals surface area contributed by atoms with Crippen molar-refractivity contribution in [3.05, 3.63) is 46.0 Å². The molecule has 1 aromatic carbocycles. The molecule has 0 unspecified atom stereocenters. The number of benzene rings is 1. The third-order valence-electron chi connectivity index (χ3n) is 4.27. The molecule has 0 aliphatic rings. The van der Waals surface area contributed by atoms with Crippen LogP contribution in [0.5, 0.6) is 0 Å². The minimum absolute atomic E-state index is 0.00972. The summed E-state index contributed by atoms with van der Waals surface area (Å²) in [6.07, 6.45) is 2.54. The number of amides is 1. The first-order valence-electron chi connectivity index (χ1n) is 8.80. The minimum Gasteiger partial charge on any atom is -0.465 e. The fourth-order valence-electron chi connectivity index (χ4n) is 2.91. The summed E-state index contributed by atoms with van der Waals surface area (Å²) in [6, 6.07) is 6.05. The van der Waals surface area contributed by atoms with Crippen molar-refractivity contribution in [1.29, 1.82) is 0 Å². The van der Waals surface area contributed by atoms with Crippen molar-refractivity contribution in [2.75, 3.05) is 6.61 Å². The van der Waals surface area contributed by atoms with Gasteiger partial charge in [-0.15, -0.1) is 0 Å². The molecule has 0 saturated heterocycles. The van der Waals surface area contributed by atoms with E-state index in [1.807, 2.05) is 19.1 Å². The summed E-state index contributed by atoms with van der Waals surface area (Å²) < 4.78 is 9.31. The van der Waals surface area contributed by atoms with Crippen LogP contribution in [-0.4, -0.2) is 32.8 Å². The summed E-state index contributed by atoms with van der Waals surface area (Å²) in [5, 5.41) is 4.10. The number of aromatic nitrogens is 3. The van der Waals surface area contributed by atoms with Crippen LogP contribution in [0, 0.1) is 6.92 Å². The number of hydrogen-bond donors (Lipinski definition) is 0. The van der Waals surface area contributed by atoms with E-state index in [1.54, 1.807) is 24.7 Å². The maximum atomic E-state index is 12.7. The number of aryl methyl sites for hydroxylation is 3. The Bertz CT molecular complexity index is 1050. The molecule has 142 valence electrons. The zero-order valence-corrected chi connectivity index (χ0v) is 16.7. The maximum absolute atomic E-state index is 12.7. The van der Waals surface area contributed by atoms with Crippen molar-refractivity contribution in [1.82, 2.24) is 14.3 Å². The number of carbonyl (C=O) groups excluding carboxylic acids is 2. The normalized spacial score (nSPS) is 11.9. The summed E-state index contributed by atoms with van der Waals surface area (Å²) in [5.41, 5.74) is 3.24. The van der Waals surface area contributed by atoms with Crippen LogP contribution in [0.2, 0.25) is 0 Å². The van der Waals surface area contributed by atoms with Gasteiger partial charge < -0.3 is 9.30 Å². The van der Waals surface area contributed by atoms with Gasteiger partial charge in [0.15, 0.2) is 4.80 Å². The Kier molecular flexibility index (Phi) is 5.55. The standard InChI is InChI=1S/C19H22N4O3S/c1-5-13-7-8-14-15(9-13)27-19(23(14)11-16(24)26-6-2)21-18(25)17-12(3)10-20-22(17)4/h7-10H,5-6,11H2,1-4H3. The Morgan fingerprint density at radius 1 is 1.30 bits per heavy atom. The third-order valence-corrected chi connectivity index (χ3v) is 5.31. The molecular formula is C19H22N4O3S. The molecule has 0 saturated carbocycles. The van der Waals surface area contributed by atoms with E-state index in [2.05, 4.69) is 23.1 Å². The quantitative estimate of drug-likeness (QED) is 0.632. The summed E-state index contributed by atoms with van der Waals surface area (Å²) in [5.74, 6) is -0.741. The first-order valence-corrected chi connectivity index (χ1v) is 9.61. The molecule has 8 heteroatoms. The van der Waals surface area contributed by atoms with Crippen molar-refractivity contribution in [2.24, 2.45) is 12.0 Å². The van der Waals surface area contributed by atoms with Gasteiger partial charge in [0.2, 0.25) is 0 Å². The molecule has 3 rings (SSSR count). The van der Waals surface area contributed by atoms with Gasteiger partial charge in [-0.3, -0.25) is 14.3 Å². The third kappa shape index (κ3) is 3.85. The van der Waals surface area contributed by atoms with Crippen LogP contribution in [0.1, 0.15) is 35.5 Å². The first-order chi connectivity index (χ1) is 12.9. The Hall–Kier alpha value is -2.74. The maximum Gasteiger partial charge on any atom is 0.326 e. The van der Waals surface area contributed by atoms with E-state index in [1.165, 1.54) is 21.6 Å². The molecule has 7 nitrogen and oxygen atoms in total. The summed E-state index contributed by atoms with van der Waals surface area (Å²) in [6.45, 7) is 5.99. The highest BCUT2D eigenvalue weighted by atomic mass is 32.1. The zero-order chi connectivity index (χ0) is 19.6. The van der Waals surface area contributed by atoms with Crippen LogP contribution >= 0.6 is 11.3 Å². The predicted octanol–water partition coefficient (Wildman–Crippen LogP) is 2.61. The van der Waals surface area contributed by atoms with Crippen LogP contribution in [0.25, 0.3) is 10.2 Å². The first kappa shape index (κ1) is 19.0. The summed E-state index contributed by atoms with van der Waals surface area (Å²) in [7, 11) is 1.71. The fraction of sp³-hybridized carbons (Fsp3) is 0.368.